The number of nitrogens with zero attached hydrogens (tertiary/aromatic N) is 5. The predicted molar refractivity (Wildman–Crippen MR) is 88.0 cm³/mol. The molecule has 4 rings (SSSR count). The van der Waals surface area contributed by atoms with Gasteiger partial charge in [0.05, 0.1) is 12.7 Å². The van der Waals surface area contributed by atoms with Gasteiger partial charge < -0.3 is 14.2 Å². The van der Waals surface area contributed by atoms with Gasteiger partial charge >= 0.3 is 6.03 Å². The molecule has 1 aromatic carbocycles. The summed E-state index contributed by atoms with van der Waals surface area (Å²) in [5, 5.41) is 11.4. The summed E-state index contributed by atoms with van der Waals surface area (Å²) in [7, 11) is 0. The molecular formula is C15H13FN6O2S. The number of urea groups is 1. The maximum atomic E-state index is 13.2. The Kier molecular flexibility index (Phi) is 4.02. The summed E-state index contributed by atoms with van der Waals surface area (Å²) in [4.78, 5) is 18.1. The predicted octanol–water partition coefficient (Wildman–Crippen LogP) is 2.71. The van der Waals surface area contributed by atoms with Crippen LogP contribution in [0.15, 0.2) is 36.8 Å². The van der Waals surface area contributed by atoms with E-state index in [2.05, 4.69) is 20.5 Å². The Bertz CT molecular complexity index is 911. The van der Waals surface area contributed by atoms with Crippen LogP contribution in [0.2, 0.25) is 0 Å². The summed E-state index contributed by atoms with van der Waals surface area (Å²) >= 11 is 1.17. The summed E-state index contributed by atoms with van der Waals surface area (Å²) < 4.78 is 20.6. The highest BCUT2D eigenvalue weighted by Gasteiger charge is 2.22. The van der Waals surface area contributed by atoms with Crippen LogP contribution in [0.1, 0.15) is 5.82 Å². The fourth-order valence-electron chi connectivity index (χ4n) is 2.42. The van der Waals surface area contributed by atoms with E-state index in [4.69, 9.17) is 4.74 Å². The third-order valence-corrected chi connectivity index (χ3v) is 4.43. The molecule has 0 atom stereocenters. The van der Waals surface area contributed by atoms with E-state index in [1.807, 2.05) is 4.57 Å². The maximum absolute atomic E-state index is 13.2. The molecule has 1 N–H and O–H groups in total. The van der Waals surface area contributed by atoms with E-state index in [1.165, 1.54) is 29.7 Å². The molecule has 0 unspecified atom stereocenters. The standard InChI is InChI=1S/C15H13FN6O2S/c16-10-2-1-3-11(6-10)24-13-7-17-14(25-13)19-15(23)21-4-5-22-9-18-20-12(22)8-21/h1-3,6-7,9H,4-5,8H2,(H,17,19,23). The van der Waals surface area contributed by atoms with Gasteiger partial charge in [0.25, 0.3) is 0 Å². The first-order valence-corrected chi connectivity index (χ1v) is 8.31. The van der Waals surface area contributed by atoms with Crippen molar-refractivity contribution in [3.8, 4) is 10.8 Å². The molecule has 0 aliphatic carbocycles. The lowest BCUT2D eigenvalue weighted by molar-refractivity contribution is 0.195. The number of rotatable bonds is 3. The minimum atomic E-state index is -0.381. The molecule has 2 aromatic heterocycles. The van der Waals surface area contributed by atoms with E-state index >= 15 is 0 Å². The molecule has 128 valence electrons. The van der Waals surface area contributed by atoms with Gasteiger partial charge in [0.1, 0.15) is 17.9 Å². The summed E-state index contributed by atoms with van der Waals surface area (Å²) in [5.41, 5.74) is 0. The van der Waals surface area contributed by atoms with Crippen LogP contribution in [-0.4, -0.2) is 37.2 Å². The first-order valence-electron chi connectivity index (χ1n) is 7.49. The summed E-state index contributed by atoms with van der Waals surface area (Å²) in [6.45, 7) is 1.61. The van der Waals surface area contributed by atoms with Gasteiger partial charge in [0.15, 0.2) is 11.0 Å². The molecule has 25 heavy (non-hydrogen) atoms. The van der Waals surface area contributed by atoms with Crippen molar-refractivity contribution < 1.29 is 13.9 Å². The molecule has 0 radical (unpaired) electrons. The number of amides is 2. The first-order chi connectivity index (χ1) is 12.2. The lowest BCUT2D eigenvalue weighted by atomic mass is 10.3. The van der Waals surface area contributed by atoms with E-state index in [-0.39, 0.29) is 11.8 Å². The molecule has 0 spiro atoms. The van der Waals surface area contributed by atoms with E-state index in [9.17, 15) is 9.18 Å². The highest BCUT2D eigenvalue weighted by molar-refractivity contribution is 7.17. The molecular weight excluding hydrogens is 347 g/mol. The molecule has 10 heteroatoms. The monoisotopic (exact) mass is 360 g/mol. The largest absolute Gasteiger partial charge is 0.445 e. The molecule has 0 fully saturated rings. The number of ether oxygens (including phenoxy) is 1. The number of carbonyl (C=O) groups is 1. The van der Waals surface area contributed by atoms with E-state index < -0.39 is 0 Å². The van der Waals surface area contributed by atoms with Crippen LogP contribution in [0.25, 0.3) is 0 Å². The Morgan fingerprint density at radius 2 is 2.28 bits per heavy atom. The van der Waals surface area contributed by atoms with Gasteiger partial charge in [-0.3, -0.25) is 5.32 Å². The quantitative estimate of drug-likeness (QED) is 0.776. The van der Waals surface area contributed by atoms with Crippen molar-refractivity contribution in [2.24, 2.45) is 0 Å². The molecule has 0 saturated carbocycles. The van der Waals surface area contributed by atoms with Crippen molar-refractivity contribution >= 4 is 22.5 Å². The molecule has 0 saturated heterocycles. The molecule has 2 amide bonds. The van der Waals surface area contributed by atoms with Crippen LogP contribution in [0.5, 0.6) is 10.8 Å². The van der Waals surface area contributed by atoms with Crippen molar-refractivity contribution in [1.29, 1.82) is 0 Å². The Hall–Kier alpha value is -3.01. The summed E-state index contributed by atoms with van der Waals surface area (Å²) in [6.07, 6.45) is 3.14. The van der Waals surface area contributed by atoms with Crippen molar-refractivity contribution in [3.05, 3.63) is 48.4 Å². The number of nitrogens with one attached hydrogen (secondary N) is 1. The van der Waals surface area contributed by atoms with Crippen LogP contribution >= 0.6 is 11.3 Å². The minimum Gasteiger partial charge on any atom is -0.445 e. The third kappa shape index (κ3) is 3.43. The first kappa shape index (κ1) is 15.5. The van der Waals surface area contributed by atoms with Crippen molar-refractivity contribution in [1.82, 2.24) is 24.6 Å². The second-order valence-electron chi connectivity index (χ2n) is 5.34. The molecule has 1 aliphatic rings. The van der Waals surface area contributed by atoms with Crippen LogP contribution in [0.4, 0.5) is 14.3 Å². The average Bonchev–Trinajstić information content (AvgIpc) is 3.23. The number of hydrogen-bond acceptors (Lipinski definition) is 6. The molecule has 8 nitrogen and oxygen atoms in total. The van der Waals surface area contributed by atoms with Gasteiger partial charge in [-0.25, -0.2) is 14.2 Å². The molecule has 3 heterocycles. The van der Waals surface area contributed by atoms with Gasteiger partial charge in [-0.2, -0.15) is 0 Å². The zero-order valence-electron chi connectivity index (χ0n) is 12.9. The molecule has 3 aromatic rings. The Balaban J connectivity index is 1.39. The number of fused-ring (bicyclic) bond motifs is 1. The second-order valence-corrected chi connectivity index (χ2v) is 6.33. The number of anilines is 1. The zero-order chi connectivity index (χ0) is 17.2. The molecule has 1 aliphatic heterocycles. The smallest absolute Gasteiger partial charge is 0.324 e. The van der Waals surface area contributed by atoms with Crippen molar-refractivity contribution in [2.45, 2.75) is 13.1 Å². The Labute approximate surface area is 145 Å². The van der Waals surface area contributed by atoms with Crippen LogP contribution in [-0.2, 0) is 13.1 Å². The van der Waals surface area contributed by atoms with Gasteiger partial charge in [0.2, 0.25) is 5.06 Å². The SMILES string of the molecule is O=C(Nc1ncc(Oc2cccc(F)c2)s1)N1CCn2cnnc2C1. The van der Waals surface area contributed by atoms with E-state index in [0.717, 1.165) is 5.82 Å². The lowest BCUT2D eigenvalue weighted by Crippen LogP contribution is -2.40. The van der Waals surface area contributed by atoms with Crippen molar-refractivity contribution in [2.75, 3.05) is 11.9 Å². The number of hydrogen-bond donors (Lipinski definition) is 1. The highest BCUT2D eigenvalue weighted by atomic mass is 32.1. The zero-order valence-corrected chi connectivity index (χ0v) is 13.7. The Morgan fingerprint density at radius 3 is 3.16 bits per heavy atom. The lowest BCUT2D eigenvalue weighted by Gasteiger charge is -2.26. The maximum Gasteiger partial charge on any atom is 0.324 e. The number of carbonyl (C=O) groups excluding carboxylic acids is 1. The van der Waals surface area contributed by atoms with Crippen LogP contribution in [0.3, 0.4) is 0 Å². The van der Waals surface area contributed by atoms with Crippen LogP contribution < -0.4 is 10.1 Å². The minimum absolute atomic E-state index is 0.263. The van der Waals surface area contributed by atoms with Gasteiger partial charge in [-0.1, -0.05) is 17.4 Å². The van der Waals surface area contributed by atoms with E-state index in [0.29, 0.717) is 35.6 Å². The second kappa shape index (κ2) is 6.48. The topological polar surface area (TPSA) is 85.2 Å². The number of aromatic nitrogens is 4. The fraction of sp³-hybridized carbons (Fsp3) is 0.200. The van der Waals surface area contributed by atoms with Gasteiger partial charge in [-0.15, -0.1) is 10.2 Å². The third-order valence-electron chi connectivity index (χ3n) is 3.64. The highest BCUT2D eigenvalue weighted by Crippen LogP contribution is 2.30. The summed E-state index contributed by atoms with van der Waals surface area (Å²) in [5.74, 6) is 0.737. The Morgan fingerprint density at radius 1 is 1.36 bits per heavy atom. The number of thiazole rings is 1. The van der Waals surface area contributed by atoms with Gasteiger partial charge in [-0.05, 0) is 12.1 Å². The van der Waals surface area contributed by atoms with E-state index in [1.54, 1.807) is 23.4 Å². The van der Waals surface area contributed by atoms with Gasteiger partial charge in [0, 0.05) is 19.2 Å². The van der Waals surface area contributed by atoms with Crippen LogP contribution in [0, 0.1) is 5.82 Å². The number of halogens is 1. The summed E-state index contributed by atoms with van der Waals surface area (Å²) in [6, 6.07) is 5.56. The fourth-order valence-corrected chi connectivity index (χ4v) is 3.10. The molecule has 0 bridgehead atoms. The average molecular weight is 360 g/mol. The number of benzene rings is 1. The normalized spacial score (nSPS) is 13.4. The van der Waals surface area contributed by atoms with Crippen molar-refractivity contribution in [3.63, 3.8) is 0 Å².